The van der Waals surface area contributed by atoms with Crippen LogP contribution in [0.1, 0.15) is 30.4 Å². The molecule has 0 aromatic heterocycles. The van der Waals surface area contributed by atoms with Crippen LogP contribution in [0.2, 0.25) is 0 Å². The summed E-state index contributed by atoms with van der Waals surface area (Å²) in [7, 11) is 1.98. The van der Waals surface area contributed by atoms with E-state index >= 15 is 0 Å². The second-order valence-electron chi connectivity index (χ2n) is 4.74. The summed E-state index contributed by atoms with van der Waals surface area (Å²) in [5.74, 6) is 0. The molecule has 0 amide bonds. The Morgan fingerprint density at radius 1 is 1.19 bits per heavy atom. The van der Waals surface area contributed by atoms with Gasteiger partial charge in [0.25, 0.3) is 0 Å². The molecule has 1 saturated heterocycles. The number of nitrogens with zero attached hydrogens (tertiary/aromatic N) is 1. The first-order valence-electron chi connectivity index (χ1n) is 6.29. The molecule has 0 saturated carbocycles. The van der Waals surface area contributed by atoms with E-state index in [1.165, 1.54) is 49.2 Å². The van der Waals surface area contributed by atoms with Gasteiger partial charge in [0.1, 0.15) is 0 Å². The average molecular weight is 218 g/mol. The van der Waals surface area contributed by atoms with Gasteiger partial charge in [0.15, 0.2) is 0 Å². The van der Waals surface area contributed by atoms with Crippen molar-refractivity contribution in [3.05, 3.63) is 29.3 Å². The molecule has 1 N–H and O–H groups in total. The fourth-order valence-corrected chi connectivity index (χ4v) is 2.48. The van der Waals surface area contributed by atoms with Gasteiger partial charge in [-0.1, -0.05) is 18.6 Å². The molecule has 0 atom stereocenters. The Hall–Kier alpha value is -1.02. The van der Waals surface area contributed by atoms with Crippen LogP contribution in [0.4, 0.5) is 5.69 Å². The first-order valence-corrected chi connectivity index (χ1v) is 6.29. The van der Waals surface area contributed by atoms with Crippen LogP contribution in [0.5, 0.6) is 0 Å². The SMILES string of the molecule is CNc1ccc(CN2CCCCC2)cc1C. The molecule has 88 valence electrons. The van der Waals surface area contributed by atoms with Crippen LogP contribution in [-0.2, 0) is 6.54 Å². The van der Waals surface area contributed by atoms with Gasteiger partial charge >= 0.3 is 0 Å². The number of hydrogen-bond acceptors (Lipinski definition) is 2. The summed E-state index contributed by atoms with van der Waals surface area (Å²) in [6.07, 6.45) is 4.15. The first kappa shape index (κ1) is 11.5. The van der Waals surface area contributed by atoms with E-state index in [-0.39, 0.29) is 0 Å². The molecule has 1 fully saturated rings. The smallest absolute Gasteiger partial charge is 0.0367 e. The fraction of sp³-hybridized carbons (Fsp3) is 0.571. The summed E-state index contributed by atoms with van der Waals surface area (Å²) in [6.45, 7) is 5.83. The lowest BCUT2D eigenvalue weighted by molar-refractivity contribution is 0.221. The maximum absolute atomic E-state index is 3.21. The average Bonchev–Trinajstić information content (AvgIpc) is 2.31. The Labute approximate surface area is 98.7 Å². The Morgan fingerprint density at radius 3 is 2.56 bits per heavy atom. The number of hydrogen-bond donors (Lipinski definition) is 1. The van der Waals surface area contributed by atoms with Crippen molar-refractivity contribution < 1.29 is 0 Å². The van der Waals surface area contributed by atoms with Gasteiger partial charge in [-0.15, -0.1) is 0 Å². The molecule has 1 aliphatic heterocycles. The van der Waals surface area contributed by atoms with E-state index in [1.54, 1.807) is 0 Å². The zero-order valence-electron chi connectivity index (χ0n) is 10.4. The Kier molecular flexibility index (Phi) is 3.83. The third-order valence-corrected chi connectivity index (χ3v) is 3.42. The van der Waals surface area contributed by atoms with Crippen LogP contribution < -0.4 is 5.32 Å². The summed E-state index contributed by atoms with van der Waals surface area (Å²) in [4.78, 5) is 2.57. The van der Waals surface area contributed by atoms with Crippen LogP contribution in [0.3, 0.4) is 0 Å². The summed E-state index contributed by atoms with van der Waals surface area (Å²) in [5, 5.41) is 3.21. The number of rotatable bonds is 3. The van der Waals surface area contributed by atoms with Crippen LogP contribution in [0.25, 0.3) is 0 Å². The molecule has 2 rings (SSSR count). The van der Waals surface area contributed by atoms with Gasteiger partial charge in [0.2, 0.25) is 0 Å². The van der Waals surface area contributed by atoms with Gasteiger partial charge in [-0.25, -0.2) is 0 Å². The maximum Gasteiger partial charge on any atom is 0.0367 e. The Balaban J connectivity index is 2.01. The van der Waals surface area contributed by atoms with Crippen molar-refractivity contribution in [3.63, 3.8) is 0 Å². The van der Waals surface area contributed by atoms with Gasteiger partial charge in [-0.2, -0.15) is 0 Å². The molecular weight excluding hydrogens is 196 g/mol. The summed E-state index contributed by atoms with van der Waals surface area (Å²) >= 11 is 0. The molecule has 1 aromatic carbocycles. The zero-order chi connectivity index (χ0) is 11.4. The molecule has 2 heteroatoms. The van der Waals surface area contributed by atoms with Crippen molar-refractivity contribution in [3.8, 4) is 0 Å². The lowest BCUT2D eigenvalue weighted by atomic mass is 10.1. The fourth-order valence-electron chi connectivity index (χ4n) is 2.48. The number of benzene rings is 1. The summed E-state index contributed by atoms with van der Waals surface area (Å²) < 4.78 is 0. The van der Waals surface area contributed by atoms with Gasteiger partial charge in [0, 0.05) is 19.3 Å². The van der Waals surface area contributed by atoms with E-state index in [0.717, 1.165) is 6.54 Å². The van der Waals surface area contributed by atoms with Gasteiger partial charge in [-0.3, -0.25) is 4.90 Å². The molecule has 0 bridgehead atoms. The Morgan fingerprint density at radius 2 is 1.94 bits per heavy atom. The molecule has 0 spiro atoms. The second-order valence-corrected chi connectivity index (χ2v) is 4.74. The van der Waals surface area contributed by atoms with Gasteiger partial charge in [0.05, 0.1) is 0 Å². The molecule has 0 unspecified atom stereocenters. The lowest BCUT2D eigenvalue weighted by Gasteiger charge is -2.26. The minimum absolute atomic E-state index is 1.12. The van der Waals surface area contributed by atoms with Crippen molar-refractivity contribution in [2.45, 2.75) is 32.7 Å². The second kappa shape index (κ2) is 5.35. The highest BCUT2D eigenvalue weighted by Gasteiger charge is 2.10. The standard InChI is InChI=1S/C14H22N2/c1-12-10-13(6-7-14(12)15-2)11-16-8-4-3-5-9-16/h6-7,10,15H,3-5,8-9,11H2,1-2H3. The molecular formula is C14H22N2. The largest absolute Gasteiger partial charge is 0.388 e. The van der Waals surface area contributed by atoms with Crippen molar-refractivity contribution in [2.75, 3.05) is 25.5 Å². The van der Waals surface area contributed by atoms with Crippen molar-refractivity contribution in [1.29, 1.82) is 0 Å². The topological polar surface area (TPSA) is 15.3 Å². The van der Waals surface area contributed by atoms with E-state index in [1.807, 2.05) is 7.05 Å². The van der Waals surface area contributed by atoms with E-state index in [2.05, 4.69) is 35.3 Å². The highest BCUT2D eigenvalue weighted by Crippen LogP contribution is 2.18. The van der Waals surface area contributed by atoms with Crippen LogP contribution >= 0.6 is 0 Å². The van der Waals surface area contributed by atoms with E-state index in [9.17, 15) is 0 Å². The van der Waals surface area contributed by atoms with Crippen molar-refractivity contribution in [2.24, 2.45) is 0 Å². The molecule has 1 heterocycles. The van der Waals surface area contributed by atoms with Crippen molar-refractivity contribution >= 4 is 5.69 Å². The highest BCUT2D eigenvalue weighted by molar-refractivity contribution is 5.51. The van der Waals surface area contributed by atoms with E-state index in [0.29, 0.717) is 0 Å². The molecule has 1 aromatic rings. The lowest BCUT2D eigenvalue weighted by Crippen LogP contribution is -2.29. The quantitative estimate of drug-likeness (QED) is 0.839. The minimum atomic E-state index is 1.12. The molecule has 2 nitrogen and oxygen atoms in total. The summed E-state index contributed by atoms with van der Waals surface area (Å²) in [6, 6.07) is 6.74. The van der Waals surface area contributed by atoms with Crippen molar-refractivity contribution in [1.82, 2.24) is 4.90 Å². The first-order chi connectivity index (χ1) is 7.79. The molecule has 0 radical (unpaired) electrons. The third kappa shape index (κ3) is 2.76. The minimum Gasteiger partial charge on any atom is -0.388 e. The normalized spacial score (nSPS) is 17.4. The molecule has 1 aliphatic rings. The Bertz CT molecular complexity index is 341. The van der Waals surface area contributed by atoms with E-state index < -0.39 is 0 Å². The zero-order valence-corrected chi connectivity index (χ0v) is 10.4. The number of likely N-dealkylation sites (tertiary alicyclic amines) is 1. The monoisotopic (exact) mass is 218 g/mol. The van der Waals surface area contributed by atoms with E-state index in [4.69, 9.17) is 0 Å². The van der Waals surface area contributed by atoms with Crippen LogP contribution in [0.15, 0.2) is 18.2 Å². The molecule has 0 aliphatic carbocycles. The summed E-state index contributed by atoms with van der Waals surface area (Å²) in [5.41, 5.74) is 4.03. The number of aryl methyl sites for hydroxylation is 1. The number of piperidine rings is 1. The third-order valence-electron chi connectivity index (χ3n) is 3.42. The highest BCUT2D eigenvalue weighted by atomic mass is 15.1. The number of nitrogens with one attached hydrogen (secondary N) is 1. The van der Waals surface area contributed by atoms with Crippen LogP contribution in [0, 0.1) is 6.92 Å². The molecule has 16 heavy (non-hydrogen) atoms. The van der Waals surface area contributed by atoms with Gasteiger partial charge in [-0.05, 0) is 50.0 Å². The van der Waals surface area contributed by atoms with Gasteiger partial charge < -0.3 is 5.32 Å². The predicted molar refractivity (Wildman–Crippen MR) is 69.9 cm³/mol. The predicted octanol–water partition coefficient (Wildman–Crippen LogP) is 3.02. The van der Waals surface area contributed by atoms with Crippen LogP contribution in [-0.4, -0.2) is 25.0 Å². The number of anilines is 1. The maximum atomic E-state index is 3.21.